The van der Waals surface area contributed by atoms with Crippen molar-refractivity contribution in [2.75, 3.05) is 13.7 Å². The summed E-state index contributed by atoms with van der Waals surface area (Å²) in [5, 5.41) is 28.0. The lowest BCUT2D eigenvalue weighted by Crippen LogP contribution is -2.42. The number of nitrogens with one attached hydrogen (secondary N) is 1. The summed E-state index contributed by atoms with van der Waals surface area (Å²) in [7, 11) is 1.61. The van der Waals surface area contributed by atoms with E-state index in [1.165, 1.54) is 6.07 Å². The van der Waals surface area contributed by atoms with E-state index in [0.717, 1.165) is 11.3 Å². The quantitative estimate of drug-likeness (QED) is 0.318. The number of hydrogen-bond donors (Lipinski definition) is 3. The predicted molar refractivity (Wildman–Crippen MR) is 136 cm³/mol. The molecule has 0 amide bonds. The summed E-state index contributed by atoms with van der Waals surface area (Å²) in [5.41, 5.74) is 1.26. The Morgan fingerprint density at radius 3 is 2.59 bits per heavy atom. The van der Waals surface area contributed by atoms with Gasteiger partial charge in [-0.25, -0.2) is 13.6 Å². The fraction of sp³-hybridized carbons (Fsp3) is 0.429. The first-order valence-corrected chi connectivity index (χ1v) is 12.4. The molecule has 2 aromatic carbocycles. The van der Waals surface area contributed by atoms with Crippen molar-refractivity contribution in [3.8, 4) is 5.69 Å². The van der Waals surface area contributed by atoms with Crippen LogP contribution in [0.2, 0.25) is 0 Å². The molecule has 0 atom stereocenters. The van der Waals surface area contributed by atoms with Gasteiger partial charge in [-0.3, -0.25) is 5.10 Å². The molecule has 9 heteroatoms. The van der Waals surface area contributed by atoms with E-state index < -0.39 is 22.8 Å². The van der Waals surface area contributed by atoms with Gasteiger partial charge in [-0.05, 0) is 73.9 Å². The van der Waals surface area contributed by atoms with Crippen LogP contribution in [0.5, 0.6) is 0 Å². The molecule has 0 bridgehead atoms. The molecule has 1 fully saturated rings. The molecule has 5 rings (SSSR count). The molecule has 0 aliphatic heterocycles. The van der Waals surface area contributed by atoms with Crippen molar-refractivity contribution in [1.29, 1.82) is 0 Å². The Hall–Kier alpha value is -3.30. The number of carbonyl (C=O) groups is 1. The van der Waals surface area contributed by atoms with Crippen LogP contribution in [0.1, 0.15) is 62.3 Å². The van der Waals surface area contributed by atoms with Crippen LogP contribution in [0.4, 0.5) is 8.78 Å². The average Bonchev–Trinajstić information content (AvgIpc) is 3.45. The first kappa shape index (κ1) is 25.4. The number of nitrogens with zero attached hydrogens (tertiary/aromatic N) is 2. The fourth-order valence-electron chi connectivity index (χ4n) is 5.96. The van der Waals surface area contributed by atoms with Crippen molar-refractivity contribution in [1.82, 2.24) is 14.8 Å². The summed E-state index contributed by atoms with van der Waals surface area (Å²) in [4.78, 5) is 11.7. The van der Waals surface area contributed by atoms with Crippen LogP contribution in [0, 0.1) is 18.6 Å². The van der Waals surface area contributed by atoms with Crippen molar-refractivity contribution in [3.05, 3.63) is 58.9 Å². The molecule has 1 saturated carbocycles. The van der Waals surface area contributed by atoms with E-state index in [1.807, 2.05) is 24.5 Å². The maximum Gasteiger partial charge on any atom is 0.335 e. The van der Waals surface area contributed by atoms with Gasteiger partial charge < -0.3 is 19.5 Å². The second-order valence-corrected chi connectivity index (χ2v) is 10.9. The third kappa shape index (κ3) is 4.01. The number of H-pyrrole nitrogens is 1. The van der Waals surface area contributed by atoms with Crippen molar-refractivity contribution < 1.29 is 28.5 Å². The van der Waals surface area contributed by atoms with Crippen LogP contribution in [-0.4, -0.2) is 50.3 Å². The Balaban J connectivity index is 1.87. The van der Waals surface area contributed by atoms with Gasteiger partial charge in [-0.2, -0.15) is 5.10 Å². The average molecular weight is 512 g/mol. The maximum atomic E-state index is 16.3. The van der Waals surface area contributed by atoms with Gasteiger partial charge in [0.15, 0.2) is 11.4 Å². The van der Waals surface area contributed by atoms with E-state index in [4.69, 9.17) is 4.74 Å². The first-order valence-electron chi connectivity index (χ1n) is 12.4. The van der Waals surface area contributed by atoms with Gasteiger partial charge in [-0.15, -0.1) is 0 Å². The Morgan fingerprint density at radius 2 is 1.97 bits per heavy atom. The zero-order chi connectivity index (χ0) is 26.7. The minimum Gasteiger partial charge on any atom is -0.479 e. The number of carboxylic acid groups (broad SMARTS) is 1. The summed E-state index contributed by atoms with van der Waals surface area (Å²) >= 11 is 0. The molecule has 1 aliphatic rings. The molecule has 0 spiro atoms. The highest BCUT2D eigenvalue weighted by molar-refractivity contribution is 6.00. The molecule has 1 aliphatic carbocycles. The molecular formula is C28H31F2N3O4. The Morgan fingerprint density at radius 1 is 1.27 bits per heavy atom. The van der Waals surface area contributed by atoms with E-state index in [1.54, 1.807) is 32.4 Å². The van der Waals surface area contributed by atoms with E-state index >= 15 is 4.39 Å². The Kier molecular flexibility index (Phi) is 6.11. The summed E-state index contributed by atoms with van der Waals surface area (Å²) < 4.78 is 38.1. The standard InChI is InChI=1S/C28H31F2N3O4/c1-15-11-18(5-6-19(15)29)33-20-12-17-13-31-32-24(17)23(30)22(20)21(25(33)27(2,3)14-37-4)16-7-9-28(36,10-8-16)26(34)35/h5-6,11-13,16,36H,7-10,14H2,1-4H3,(H,31,32)(H,34,35). The Bertz CT molecular complexity index is 1510. The number of hydrogen-bond acceptors (Lipinski definition) is 4. The lowest BCUT2D eigenvalue weighted by molar-refractivity contribution is -0.162. The minimum atomic E-state index is -1.79. The third-order valence-electron chi connectivity index (χ3n) is 7.81. The number of carboxylic acids is 1. The number of aromatic amines is 1. The molecule has 0 radical (unpaired) electrons. The summed E-state index contributed by atoms with van der Waals surface area (Å²) in [6.07, 6.45) is 2.45. The van der Waals surface area contributed by atoms with Crippen LogP contribution in [0.25, 0.3) is 27.5 Å². The molecule has 196 valence electrons. The lowest BCUT2D eigenvalue weighted by Gasteiger charge is -2.35. The normalized spacial score (nSPS) is 20.7. The maximum absolute atomic E-state index is 16.3. The van der Waals surface area contributed by atoms with Gasteiger partial charge in [-0.1, -0.05) is 13.8 Å². The van der Waals surface area contributed by atoms with Gasteiger partial charge >= 0.3 is 5.97 Å². The van der Waals surface area contributed by atoms with E-state index in [-0.39, 0.29) is 30.1 Å². The highest BCUT2D eigenvalue weighted by Gasteiger charge is 2.43. The third-order valence-corrected chi connectivity index (χ3v) is 7.81. The number of rotatable bonds is 6. The van der Waals surface area contributed by atoms with Crippen molar-refractivity contribution in [2.45, 2.75) is 63.4 Å². The highest BCUT2D eigenvalue weighted by Crippen LogP contribution is 2.48. The van der Waals surface area contributed by atoms with Crippen LogP contribution in [0.3, 0.4) is 0 Å². The SMILES string of the molecule is COCC(C)(C)c1c(C2CCC(O)(C(=O)O)CC2)c2c(F)c3[nH]ncc3cc2n1-c1ccc(F)c(C)c1. The summed E-state index contributed by atoms with van der Waals surface area (Å²) in [5.74, 6) is -2.21. The van der Waals surface area contributed by atoms with E-state index in [0.29, 0.717) is 47.0 Å². The zero-order valence-corrected chi connectivity index (χ0v) is 21.4. The summed E-state index contributed by atoms with van der Waals surface area (Å²) in [6.45, 7) is 6.06. The number of benzene rings is 2. The fourth-order valence-corrected chi connectivity index (χ4v) is 5.96. The molecule has 7 nitrogen and oxygen atoms in total. The van der Waals surface area contributed by atoms with Gasteiger partial charge in [0.1, 0.15) is 11.3 Å². The van der Waals surface area contributed by atoms with E-state index in [2.05, 4.69) is 10.2 Å². The number of aliphatic carboxylic acids is 1. The number of aliphatic hydroxyl groups is 1. The van der Waals surface area contributed by atoms with Crippen molar-refractivity contribution >= 4 is 27.8 Å². The molecule has 2 heterocycles. The van der Waals surface area contributed by atoms with Crippen LogP contribution >= 0.6 is 0 Å². The number of methoxy groups -OCH3 is 1. The molecule has 0 unspecified atom stereocenters. The molecule has 4 aromatic rings. The molecule has 2 aromatic heterocycles. The van der Waals surface area contributed by atoms with Crippen LogP contribution in [-0.2, 0) is 14.9 Å². The lowest BCUT2D eigenvalue weighted by atomic mass is 9.73. The number of fused-ring (bicyclic) bond motifs is 2. The monoisotopic (exact) mass is 511 g/mol. The number of aryl methyl sites for hydroxylation is 1. The number of aromatic nitrogens is 3. The minimum absolute atomic E-state index is 0.0629. The van der Waals surface area contributed by atoms with Gasteiger partial charge in [0, 0.05) is 34.7 Å². The molecular weight excluding hydrogens is 480 g/mol. The largest absolute Gasteiger partial charge is 0.479 e. The second-order valence-electron chi connectivity index (χ2n) is 10.9. The van der Waals surface area contributed by atoms with Crippen LogP contribution in [0.15, 0.2) is 30.5 Å². The van der Waals surface area contributed by atoms with E-state index in [9.17, 15) is 19.4 Å². The zero-order valence-electron chi connectivity index (χ0n) is 21.4. The molecule has 0 saturated heterocycles. The smallest absolute Gasteiger partial charge is 0.335 e. The summed E-state index contributed by atoms with van der Waals surface area (Å²) in [6, 6.07) is 6.71. The van der Waals surface area contributed by atoms with Gasteiger partial charge in [0.2, 0.25) is 0 Å². The molecule has 37 heavy (non-hydrogen) atoms. The Labute approximate surface area is 213 Å². The van der Waals surface area contributed by atoms with Crippen molar-refractivity contribution in [2.24, 2.45) is 0 Å². The van der Waals surface area contributed by atoms with Crippen molar-refractivity contribution in [3.63, 3.8) is 0 Å². The van der Waals surface area contributed by atoms with Gasteiger partial charge in [0.05, 0.1) is 18.3 Å². The first-order chi connectivity index (χ1) is 17.5. The van der Waals surface area contributed by atoms with Gasteiger partial charge in [0.25, 0.3) is 0 Å². The number of halogens is 2. The topological polar surface area (TPSA) is 100 Å². The van der Waals surface area contributed by atoms with Crippen LogP contribution < -0.4 is 0 Å². The predicted octanol–water partition coefficient (Wildman–Crippen LogP) is 5.49. The highest BCUT2D eigenvalue weighted by atomic mass is 19.1. The second kappa shape index (κ2) is 8.92. The number of ether oxygens (including phenoxy) is 1. The molecule has 3 N–H and O–H groups in total.